The number of carbonyl (C=O) groups excluding carboxylic acids is 7. The highest BCUT2D eigenvalue weighted by atomic mass is 16.2. The number of aryl methyl sites for hydroxylation is 2. The number of rotatable bonds is 5. The second-order valence-corrected chi connectivity index (χ2v) is 29.5. The van der Waals surface area contributed by atoms with Crippen LogP contribution >= 0.6 is 0 Å². The van der Waals surface area contributed by atoms with Gasteiger partial charge in [0.15, 0.2) is 40.5 Å². The van der Waals surface area contributed by atoms with Gasteiger partial charge in [0.25, 0.3) is 0 Å². The van der Waals surface area contributed by atoms with Crippen molar-refractivity contribution in [3.05, 3.63) is 259 Å². The van der Waals surface area contributed by atoms with Gasteiger partial charge in [-0.1, -0.05) is 405 Å². The number of fused-ring (bicyclic) bond motifs is 11. The predicted molar refractivity (Wildman–Crippen MR) is 521 cm³/mol. The normalized spacial score (nSPS) is 18.1. The first-order valence-electron chi connectivity index (χ1n) is 47.2. The molecule has 0 saturated heterocycles. The first kappa shape index (κ1) is 115. The average Bonchev–Trinajstić information content (AvgIpc) is 1.57. The molecule has 0 aromatic heterocycles. The maximum atomic E-state index is 12.1. The Balaban J connectivity index is -0.00000127. The highest BCUT2D eigenvalue weighted by molar-refractivity contribution is 6.08. The van der Waals surface area contributed by atoms with E-state index in [2.05, 4.69) is 136 Å². The molecule has 0 bridgehead atoms. The van der Waals surface area contributed by atoms with E-state index in [1.54, 1.807) is 0 Å². The summed E-state index contributed by atoms with van der Waals surface area (Å²) in [6.45, 7) is 74.0. The van der Waals surface area contributed by atoms with E-state index in [0.717, 1.165) is 110 Å². The van der Waals surface area contributed by atoms with Gasteiger partial charge in [-0.15, -0.1) is 0 Å². The molecule has 7 nitrogen and oxygen atoms in total. The van der Waals surface area contributed by atoms with E-state index in [1.807, 2.05) is 283 Å². The van der Waals surface area contributed by atoms with E-state index in [-0.39, 0.29) is 28.6 Å². The Bertz CT molecular complexity index is 3820. The molecule has 9 aliphatic carbocycles. The van der Waals surface area contributed by atoms with Gasteiger partial charge in [0.2, 0.25) is 0 Å². The molecule has 0 radical (unpaired) electrons. The standard InChI is InChI=1S/2C17H20O.3C12H14O.2C9H8O.12C2H6/c2*1-11(2)17-9-8-15(18)12(3)16(17)14-7-5-4-6-13(14)10-17;3*1-8(2)11-7-9-5-3-4-6-10(9)12(11)13;2*10-9-6-5-7-3-1-2-4-8(7)9;12*1-2/h2*4-7,11H,8-10H2,1-3H3;3*3-6,8,11H,7H2,1-2H3;2*1-4H,5-6H2;12*1-2H3. The molecule has 9 aliphatic rings. The van der Waals surface area contributed by atoms with Gasteiger partial charge < -0.3 is 0 Å². The van der Waals surface area contributed by atoms with Crippen LogP contribution in [0.3, 0.4) is 0 Å². The summed E-state index contributed by atoms with van der Waals surface area (Å²) in [5, 5.41) is 0. The molecular weight excluding hydrogens is 1460 g/mol. The molecule has 119 heavy (non-hydrogen) atoms. The quantitative estimate of drug-likeness (QED) is 0.168. The van der Waals surface area contributed by atoms with E-state index in [9.17, 15) is 33.6 Å². The number of hydrogen-bond acceptors (Lipinski definition) is 7. The van der Waals surface area contributed by atoms with Crippen molar-refractivity contribution in [2.75, 3.05) is 0 Å². The van der Waals surface area contributed by atoms with Crippen LogP contribution in [0.25, 0.3) is 11.1 Å². The van der Waals surface area contributed by atoms with Crippen LogP contribution in [0.2, 0.25) is 0 Å². The highest BCUT2D eigenvalue weighted by Gasteiger charge is 2.49. The van der Waals surface area contributed by atoms with Gasteiger partial charge >= 0.3 is 0 Å². The van der Waals surface area contributed by atoms with Gasteiger partial charge in [0.1, 0.15) is 0 Å². The lowest BCUT2D eigenvalue weighted by Crippen LogP contribution is -2.32. The summed E-state index contributed by atoms with van der Waals surface area (Å²) in [6, 6.07) is 56.8. The second-order valence-electron chi connectivity index (χ2n) is 29.5. The summed E-state index contributed by atoms with van der Waals surface area (Å²) in [6.07, 6.45) is 11.8. The summed E-state index contributed by atoms with van der Waals surface area (Å²) in [5.41, 5.74) is 21.5. The van der Waals surface area contributed by atoms with Gasteiger partial charge in [0, 0.05) is 82.1 Å². The van der Waals surface area contributed by atoms with Crippen molar-refractivity contribution < 1.29 is 33.6 Å². The van der Waals surface area contributed by atoms with E-state index in [4.69, 9.17) is 0 Å². The molecule has 0 N–H and O–H groups in total. The number of ketones is 7. The summed E-state index contributed by atoms with van der Waals surface area (Å²) >= 11 is 0. The lowest BCUT2D eigenvalue weighted by atomic mass is 9.64. The van der Waals surface area contributed by atoms with Crippen molar-refractivity contribution >= 4 is 51.6 Å². The van der Waals surface area contributed by atoms with E-state index in [1.165, 1.54) is 61.2 Å². The zero-order chi connectivity index (χ0) is 92.0. The number of benzene rings is 7. The Morgan fingerprint density at radius 3 is 0.647 bits per heavy atom. The Morgan fingerprint density at radius 2 is 0.437 bits per heavy atom. The molecule has 0 heterocycles. The lowest BCUT2D eigenvalue weighted by Gasteiger charge is -2.39. The van der Waals surface area contributed by atoms with Crippen molar-refractivity contribution in [3.63, 3.8) is 0 Å². The minimum Gasteiger partial charge on any atom is -0.295 e. The maximum Gasteiger partial charge on any atom is 0.166 e. The van der Waals surface area contributed by atoms with Gasteiger partial charge in [0.05, 0.1) is 0 Å². The molecule has 0 aliphatic heterocycles. The second kappa shape index (κ2) is 62.8. The molecule has 5 atom stereocenters. The fourth-order valence-electron chi connectivity index (χ4n) is 16.5. The molecule has 7 heteroatoms. The fourth-order valence-corrected chi connectivity index (χ4v) is 16.5. The average molecular weight is 1630 g/mol. The van der Waals surface area contributed by atoms with E-state index >= 15 is 0 Å². The maximum absolute atomic E-state index is 12.1. The van der Waals surface area contributed by atoms with Gasteiger partial charge in [-0.25, -0.2) is 0 Å². The molecule has 0 fully saturated rings. The van der Waals surface area contributed by atoms with Gasteiger partial charge in [-0.2, -0.15) is 0 Å². The summed E-state index contributed by atoms with van der Waals surface area (Å²) < 4.78 is 0. The van der Waals surface area contributed by atoms with Crippen molar-refractivity contribution in [3.8, 4) is 0 Å². The molecule has 16 rings (SSSR count). The zero-order valence-corrected chi connectivity index (χ0v) is 82.3. The first-order chi connectivity index (χ1) is 57.5. The zero-order valence-electron chi connectivity index (χ0n) is 82.3. The number of hydrogen-bond donors (Lipinski definition) is 0. The van der Waals surface area contributed by atoms with Crippen molar-refractivity contribution in [1.29, 1.82) is 0 Å². The fraction of sp³-hybridized carbons (Fsp3) is 0.527. The van der Waals surface area contributed by atoms with Crippen LogP contribution < -0.4 is 0 Å². The topological polar surface area (TPSA) is 119 Å². The van der Waals surface area contributed by atoms with E-state index < -0.39 is 0 Å². The molecule has 5 unspecified atom stereocenters. The molecule has 7 aromatic carbocycles. The van der Waals surface area contributed by atoms with Crippen LogP contribution in [0.15, 0.2) is 181 Å². The van der Waals surface area contributed by atoms with Gasteiger partial charge in [-0.05, 0) is 174 Å². The Hall–Kier alpha value is -8.29. The third kappa shape index (κ3) is 30.4. The summed E-state index contributed by atoms with van der Waals surface area (Å²) in [4.78, 5) is 81.8. The minimum absolute atomic E-state index is 0.210. The smallest absolute Gasteiger partial charge is 0.166 e. The van der Waals surface area contributed by atoms with Crippen LogP contribution in [0.5, 0.6) is 0 Å². The number of Topliss-reactive ketones (excluding diaryl/α,β-unsaturated/α-hetero) is 7. The van der Waals surface area contributed by atoms with Crippen LogP contribution in [0.4, 0.5) is 0 Å². The SMILES string of the molecule is CC.CC.CC.CC.CC.CC.CC.CC.CC.CC.CC.CC.CC(C)C1Cc2ccccc2C1=O.CC(C)C1Cc2ccccc2C1=O.CC(C)C1Cc2ccccc2C1=O.CC1=C2c3ccccc3CC2(C(C)C)CCC1=O.CC1=C2c3ccccc3CC2(C(C)C)CCC1=O.O=C1CCc2ccccc21.O=C1CCc2ccccc21. The van der Waals surface area contributed by atoms with Crippen LogP contribution in [0.1, 0.15) is 390 Å². The lowest BCUT2D eigenvalue weighted by molar-refractivity contribution is -0.117. The summed E-state index contributed by atoms with van der Waals surface area (Å²) in [7, 11) is 0. The number of allylic oxidation sites excluding steroid dienone is 4. The third-order valence-electron chi connectivity index (χ3n) is 22.4. The van der Waals surface area contributed by atoms with Gasteiger partial charge in [-0.3, -0.25) is 33.6 Å². The molecule has 0 saturated carbocycles. The van der Waals surface area contributed by atoms with Crippen LogP contribution in [-0.4, -0.2) is 40.5 Å². The monoisotopic (exact) mass is 1630 g/mol. The van der Waals surface area contributed by atoms with Crippen molar-refractivity contribution in [1.82, 2.24) is 0 Å². The molecule has 0 amide bonds. The number of carbonyl (C=O) groups is 7. The first-order valence-corrected chi connectivity index (χ1v) is 47.2. The Kier molecular flexibility index (Phi) is 60.6. The minimum atomic E-state index is 0.210. The van der Waals surface area contributed by atoms with Crippen LogP contribution in [-0.2, 0) is 54.5 Å². The molecule has 0 spiro atoms. The molecule has 7 aromatic rings. The molecular formula is C112H170O7. The summed E-state index contributed by atoms with van der Waals surface area (Å²) in [5.74, 6) is 5.52. The highest BCUT2D eigenvalue weighted by Crippen LogP contribution is 2.59. The van der Waals surface area contributed by atoms with Crippen molar-refractivity contribution in [2.45, 2.75) is 333 Å². The molecule has 660 valence electrons. The van der Waals surface area contributed by atoms with Crippen LogP contribution in [0, 0.1) is 58.2 Å². The Labute approximate surface area is 730 Å². The Morgan fingerprint density at radius 1 is 0.235 bits per heavy atom. The predicted octanol–water partition coefficient (Wildman–Crippen LogP) is 32.1. The third-order valence-corrected chi connectivity index (χ3v) is 22.4. The largest absolute Gasteiger partial charge is 0.295 e. The van der Waals surface area contributed by atoms with E-state index in [0.29, 0.717) is 82.9 Å². The van der Waals surface area contributed by atoms with Crippen molar-refractivity contribution in [2.24, 2.45) is 58.2 Å².